The summed E-state index contributed by atoms with van der Waals surface area (Å²) in [5.41, 5.74) is -0.769. The van der Waals surface area contributed by atoms with Gasteiger partial charge in [-0.05, 0) is 30.5 Å². The summed E-state index contributed by atoms with van der Waals surface area (Å²) in [4.78, 5) is 37.1. The van der Waals surface area contributed by atoms with E-state index in [2.05, 4.69) is 10.6 Å². The second-order valence-corrected chi connectivity index (χ2v) is 5.27. The zero-order valence-electron chi connectivity index (χ0n) is 10.4. The van der Waals surface area contributed by atoms with Gasteiger partial charge in [0.05, 0.1) is 18.4 Å². The van der Waals surface area contributed by atoms with Gasteiger partial charge in [-0.25, -0.2) is 4.79 Å². The first-order valence-electron chi connectivity index (χ1n) is 6.18. The zero-order valence-corrected chi connectivity index (χ0v) is 11.2. The highest BCUT2D eigenvalue weighted by Crippen LogP contribution is 2.27. The maximum Gasteiger partial charge on any atom is 0.322 e. The Morgan fingerprint density at radius 3 is 2.85 bits per heavy atom. The normalized spacial score (nSPS) is 25.8. The van der Waals surface area contributed by atoms with Crippen LogP contribution >= 0.6 is 11.6 Å². The summed E-state index contributed by atoms with van der Waals surface area (Å²) in [7, 11) is 0. The van der Waals surface area contributed by atoms with Crippen LogP contribution in [0.4, 0.5) is 4.79 Å². The first kappa shape index (κ1) is 13.0. The van der Waals surface area contributed by atoms with E-state index < -0.39 is 17.5 Å². The molecular formula is C12H12ClN3O4. The number of nitrogens with zero attached hydrogens (tertiary/aromatic N) is 1. The van der Waals surface area contributed by atoms with Crippen molar-refractivity contribution in [2.24, 2.45) is 0 Å². The maximum absolute atomic E-state index is 12.3. The van der Waals surface area contributed by atoms with Crippen molar-refractivity contribution in [2.45, 2.75) is 18.4 Å². The fraction of sp³-hybridized carbons (Fsp3) is 0.417. The lowest BCUT2D eigenvalue weighted by Crippen LogP contribution is -2.59. The third kappa shape index (κ3) is 1.94. The summed E-state index contributed by atoms with van der Waals surface area (Å²) in [6, 6.07) is 0.963. The second kappa shape index (κ2) is 4.52. The molecule has 0 saturated carbocycles. The van der Waals surface area contributed by atoms with Gasteiger partial charge in [-0.2, -0.15) is 0 Å². The summed E-state index contributed by atoms with van der Waals surface area (Å²) in [6.45, 7) is 0.635. The molecule has 2 aliphatic heterocycles. The molecule has 20 heavy (non-hydrogen) atoms. The van der Waals surface area contributed by atoms with Crippen LogP contribution in [0.2, 0.25) is 5.22 Å². The molecule has 1 unspecified atom stereocenters. The Bertz CT molecular complexity index is 599. The minimum absolute atomic E-state index is 0.0227. The topological polar surface area (TPSA) is 91.7 Å². The van der Waals surface area contributed by atoms with Crippen LogP contribution in [0.1, 0.15) is 23.2 Å². The van der Waals surface area contributed by atoms with Crippen LogP contribution in [0.25, 0.3) is 0 Å². The molecule has 7 nitrogen and oxygen atoms in total. The summed E-state index contributed by atoms with van der Waals surface area (Å²) >= 11 is 5.79. The van der Waals surface area contributed by atoms with E-state index in [1.165, 1.54) is 17.2 Å². The smallest absolute Gasteiger partial charge is 0.322 e. The number of piperidine rings is 1. The number of likely N-dealkylation sites (tertiary alicyclic amines) is 1. The highest BCUT2D eigenvalue weighted by atomic mass is 35.5. The number of hydrogen-bond acceptors (Lipinski definition) is 4. The van der Waals surface area contributed by atoms with E-state index >= 15 is 0 Å². The highest BCUT2D eigenvalue weighted by molar-refractivity contribution is 6.32. The Kier molecular flexibility index (Phi) is 2.93. The minimum Gasteiger partial charge on any atom is -0.452 e. The van der Waals surface area contributed by atoms with Crippen molar-refractivity contribution < 1.29 is 18.8 Å². The lowest BCUT2D eigenvalue weighted by atomic mass is 9.89. The van der Waals surface area contributed by atoms with Crippen LogP contribution < -0.4 is 10.6 Å². The maximum atomic E-state index is 12.3. The quantitative estimate of drug-likeness (QED) is 0.748. The van der Waals surface area contributed by atoms with E-state index in [9.17, 15) is 14.4 Å². The predicted molar refractivity (Wildman–Crippen MR) is 68.3 cm³/mol. The van der Waals surface area contributed by atoms with Crippen molar-refractivity contribution in [1.29, 1.82) is 0 Å². The van der Waals surface area contributed by atoms with Gasteiger partial charge >= 0.3 is 6.03 Å². The molecule has 106 valence electrons. The first-order valence-corrected chi connectivity index (χ1v) is 6.55. The average Bonchev–Trinajstić information content (AvgIpc) is 2.94. The first-order chi connectivity index (χ1) is 9.52. The van der Waals surface area contributed by atoms with Gasteiger partial charge in [-0.1, -0.05) is 0 Å². The van der Waals surface area contributed by atoms with Crippen molar-refractivity contribution in [3.8, 4) is 0 Å². The fourth-order valence-electron chi connectivity index (χ4n) is 2.66. The van der Waals surface area contributed by atoms with Crippen molar-refractivity contribution in [3.05, 3.63) is 23.1 Å². The van der Waals surface area contributed by atoms with Crippen LogP contribution in [0, 0.1) is 0 Å². The van der Waals surface area contributed by atoms with Crippen LogP contribution in [0.5, 0.6) is 0 Å². The number of hydrogen-bond donors (Lipinski definition) is 2. The third-order valence-corrected chi connectivity index (χ3v) is 3.94. The molecule has 2 aliphatic rings. The largest absolute Gasteiger partial charge is 0.452 e. The number of amides is 4. The Morgan fingerprint density at radius 2 is 2.25 bits per heavy atom. The lowest BCUT2D eigenvalue weighted by Gasteiger charge is -2.37. The third-order valence-electron chi connectivity index (χ3n) is 3.64. The molecule has 1 atom stereocenters. The molecule has 0 aromatic carbocycles. The number of imide groups is 1. The molecule has 0 aliphatic carbocycles. The summed E-state index contributed by atoms with van der Waals surface area (Å²) in [6.07, 6.45) is 2.46. The van der Waals surface area contributed by atoms with Gasteiger partial charge in [-0.15, -0.1) is 0 Å². The van der Waals surface area contributed by atoms with Crippen LogP contribution in [-0.2, 0) is 4.79 Å². The highest BCUT2D eigenvalue weighted by Gasteiger charge is 2.49. The summed E-state index contributed by atoms with van der Waals surface area (Å²) in [5.74, 6) is -0.699. The molecule has 3 rings (SSSR count). The van der Waals surface area contributed by atoms with Gasteiger partial charge in [0.2, 0.25) is 5.22 Å². The van der Waals surface area contributed by atoms with E-state index in [1.807, 2.05) is 0 Å². The van der Waals surface area contributed by atoms with Crippen molar-refractivity contribution in [2.75, 3.05) is 13.1 Å². The van der Waals surface area contributed by atoms with Gasteiger partial charge in [0.25, 0.3) is 11.8 Å². The van der Waals surface area contributed by atoms with Gasteiger partial charge in [0, 0.05) is 6.54 Å². The SMILES string of the molecule is O=C1NC(=O)C2(CCCN(C(=O)c3ccoc3Cl)C2)N1. The molecular weight excluding hydrogens is 286 g/mol. The minimum atomic E-state index is -1.03. The van der Waals surface area contributed by atoms with Gasteiger partial charge in [-0.3, -0.25) is 14.9 Å². The molecule has 0 bridgehead atoms. The van der Waals surface area contributed by atoms with Gasteiger partial charge in [0.15, 0.2) is 0 Å². The van der Waals surface area contributed by atoms with Crippen molar-refractivity contribution in [3.63, 3.8) is 0 Å². The van der Waals surface area contributed by atoms with Crippen LogP contribution in [-0.4, -0.2) is 41.4 Å². The number of carbonyl (C=O) groups excluding carboxylic acids is 3. The molecule has 1 aromatic heterocycles. The molecule has 2 saturated heterocycles. The molecule has 1 spiro atoms. The van der Waals surface area contributed by atoms with E-state index in [1.54, 1.807) is 0 Å². The van der Waals surface area contributed by atoms with Crippen LogP contribution in [0.15, 0.2) is 16.7 Å². The number of furan rings is 1. The number of urea groups is 1. The second-order valence-electron chi connectivity index (χ2n) is 4.93. The Hall–Kier alpha value is -2.02. The standard InChI is InChI=1S/C12H12ClN3O4/c13-8-7(2-5-20-8)9(17)16-4-1-3-12(6-16)10(18)14-11(19)15-12/h2,5H,1,3-4,6H2,(H2,14,15,18,19). The number of carbonyl (C=O) groups is 3. The molecule has 8 heteroatoms. The molecule has 0 radical (unpaired) electrons. The zero-order chi connectivity index (χ0) is 14.3. The van der Waals surface area contributed by atoms with E-state index in [4.69, 9.17) is 16.0 Å². The average molecular weight is 298 g/mol. The summed E-state index contributed by atoms with van der Waals surface area (Å²) in [5, 5.41) is 4.85. The predicted octanol–water partition coefficient (Wildman–Crippen LogP) is 0.747. The Morgan fingerprint density at radius 1 is 1.45 bits per heavy atom. The molecule has 4 amide bonds. The lowest BCUT2D eigenvalue weighted by molar-refractivity contribution is -0.125. The number of nitrogens with one attached hydrogen (secondary N) is 2. The van der Waals surface area contributed by atoms with Crippen molar-refractivity contribution in [1.82, 2.24) is 15.5 Å². The van der Waals surface area contributed by atoms with E-state index in [0.717, 1.165) is 0 Å². The van der Waals surface area contributed by atoms with Gasteiger partial charge < -0.3 is 14.6 Å². The molecule has 2 fully saturated rings. The number of halogens is 1. The van der Waals surface area contributed by atoms with Crippen molar-refractivity contribution >= 4 is 29.4 Å². The van der Waals surface area contributed by atoms with E-state index in [0.29, 0.717) is 19.4 Å². The van der Waals surface area contributed by atoms with E-state index in [-0.39, 0.29) is 23.2 Å². The Labute approximate surface area is 119 Å². The summed E-state index contributed by atoms with van der Waals surface area (Å²) < 4.78 is 4.90. The fourth-order valence-corrected chi connectivity index (χ4v) is 2.86. The number of rotatable bonds is 1. The molecule has 1 aromatic rings. The monoisotopic (exact) mass is 297 g/mol. The molecule has 3 heterocycles. The van der Waals surface area contributed by atoms with Gasteiger partial charge in [0.1, 0.15) is 5.54 Å². The Balaban J connectivity index is 1.82. The van der Waals surface area contributed by atoms with Crippen LogP contribution in [0.3, 0.4) is 0 Å². The molecule has 2 N–H and O–H groups in total.